The van der Waals surface area contributed by atoms with Gasteiger partial charge in [0.2, 0.25) is 0 Å². The van der Waals surface area contributed by atoms with Crippen LogP contribution in [0.15, 0.2) is 42.0 Å². The van der Waals surface area contributed by atoms with E-state index < -0.39 is 17.7 Å². The molecule has 168 valence electrons. The number of carbonyl (C=O) groups excluding carboxylic acids is 2. The van der Waals surface area contributed by atoms with Gasteiger partial charge in [0.15, 0.2) is 0 Å². The Morgan fingerprint density at radius 1 is 1.22 bits per heavy atom. The molecule has 4 rings (SSSR count). The first kappa shape index (κ1) is 22.2. The first-order chi connectivity index (χ1) is 15.3. The van der Waals surface area contributed by atoms with Crippen LogP contribution in [0.2, 0.25) is 5.02 Å². The Balaban J connectivity index is 1.84. The lowest BCUT2D eigenvalue weighted by Crippen LogP contribution is -2.35. The van der Waals surface area contributed by atoms with Crippen LogP contribution >= 0.6 is 11.6 Å². The molecule has 32 heavy (non-hydrogen) atoms. The van der Waals surface area contributed by atoms with Crippen LogP contribution in [-0.4, -0.2) is 65.5 Å². The highest BCUT2D eigenvalue weighted by Crippen LogP contribution is 2.41. The number of rotatable bonds is 5. The number of halogens is 1. The molecule has 1 saturated heterocycles. The molecule has 1 atom stereocenters. The van der Waals surface area contributed by atoms with E-state index in [0.29, 0.717) is 24.3 Å². The molecule has 0 aromatic heterocycles. The Kier molecular flexibility index (Phi) is 6.13. The number of hydrogen-bond acceptors (Lipinski definition) is 6. The zero-order chi connectivity index (χ0) is 23.0. The van der Waals surface area contributed by atoms with Gasteiger partial charge < -0.3 is 24.7 Å². The monoisotopic (exact) mass is 456 g/mol. The second-order valence-corrected chi connectivity index (χ2v) is 8.69. The minimum Gasteiger partial charge on any atom is -0.507 e. The number of aliphatic hydroxyl groups excluding tert-OH is 1. The maximum atomic E-state index is 13.1. The van der Waals surface area contributed by atoms with E-state index >= 15 is 0 Å². The SMILES string of the molecule is CN(C)CCN1C(=O)C(=O)/C(=C(\O)c2ccc3c(c2)CCCO3)C1c1ccc(O)c(Cl)c1. The molecule has 2 heterocycles. The van der Waals surface area contributed by atoms with E-state index in [1.54, 1.807) is 24.3 Å². The highest BCUT2D eigenvalue weighted by molar-refractivity contribution is 6.46. The highest BCUT2D eigenvalue weighted by Gasteiger charge is 2.46. The summed E-state index contributed by atoms with van der Waals surface area (Å²) < 4.78 is 5.64. The summed E-state index contributed by atoms with van der Waals surface area (Å²) in [6.07, 6.45) is 1.68. The van der Waals surface area contributed by atoms with E-state index in [0.717, 1.165) is 24.2 Å². The summed E-state index contributed by atoms with van der Waals surface area (Å²) in [4.78, 5) is 29.4. The van der Waals surface area contributed by atoms with Gasteiger partial charge in [0.1, 0.15) is 17.3 Å². The summed E-state index contributed by atoms with van der Waals surface area (Å²) in [7, 11) is 3.75. The number of benzene rings is 2. The fourth-order valence-electron chi connectivity index (χ4n) is 4.12. The molecule has 2 aromatic carbocycles. The van der Waals surface area contributed by atoms with Gasteiger partial charge in [-0.15, -0.1) is 0 Å². The van der Waals surface area contributed by atoms with E-state index in [1.165, 1.54) is 17.0 Å². The van der Waals surface area contributed by atoms with Gasteiger partial charge in [-0.2, -0.15) is 0 Å². The van der Waals surface area contributed by atoms with Crippen molar-refractivity contribution in [3.05, 3.63) is 63.7 Å². The normalized spacial score (nSPS) is 19.9. The number of phenols is 1. The van der Waals surface area contributed by atoms with Crippen molar-refractivity contribution >= 4 is 29.1 Å². The quantitative estimate of drug-likeness (QED) is 0.407. The molecule has 1 amide bonds. The maximum absolute atomic E-state index is 13.1. The van der Waals surface area contributed by atoms with Crippen LogP contribution in [0.5, 0.6) is 11.5 Å². The van der Waals surface area contributed by atoms with E-state index in [4.69, 9.17) is 16.3 Å². The Bertz CT molecular complexity index is 1110. The van der Waals surface area contributed by atoms with Crippen LogP contribution in [0.3, 0.4) is 0 Å². The largest absolute Gasteiger partial charge is 0.507 e. The van der Waals surface area contributed by atoms with E-state index in [1.807, 2.05) is 19.0 Å². The number of aliphatic hydroxyl groups is 1. The zero-order valence-electron chi connectivity index (χ0n) is 18.0. The molecule has 2 N–H and O–H groups in total. The van der Waals surface area contributed by atoms with Crippen LogP contribution in [0.25, 0.3) is 5.76 Å². The van der Waals surface area contributed by atoms with Crippen LogP contribution in [0.1, 0.15) is 29.2 Å². The summed E-state index contributed by atoms with van der Waals surface area (Å²) in [6, 6.07) is 8.99. The number of nitrogens with zero attached hydrogens (tertiary/aromatic N) is 2. The third-order valence-corrected chi connectivity index (χ3v) is 6.10. The molecule has 2 aliphatic rings. The number of hydrogen-bond donors (Lipinski definition) is 2. The number of aromatic hydroxyl groups is 1. The summed E-state index contributed by atoms with van der Waals surface area (Å²) in [5.74, 6) is -0.997. The molecule has 2 aliphatic heterocycles. The molecule has 2 aromatic rings. The minimum absolute atomic E-state index is 0.00666. The van der Waals surface area contributed by atoms with E-state index in [9.17, 15) is 19.8 Å². The van der Waals surface area contributed by atoms with Gasteiger partial charge in [0.05, 0.1) is 23.2 Å². The Hall–Kier alpha value is -3.03. The van der Waals surface area contributed by atoms with Gasteiger partial charge in [0.25, 0.3) is 11.7 Å². The molecule has 1 fully saturated rings. The van der Waals surface area contributed by atoms with Crippen LogP contribution in [0, 0.1) is 0 Å². The number of Topliss-reactive ketones (excluding diaryl/α,β-unsaturated/α-hetero) is 1. The van der Waals surface area contributed by atoms with Crippen molar-refractivity contribution in [1.82, 2.24) is 9.80 Å². The number of phenolic OH excluding ortho intramolecular Hbond substituents is 1. The number of ketones is 1. The molecule has 0 saturated carbocycles. The molecule has 1 unspecified atom stereocenters. The van der Waals surface area contributed by atoms with Crippen molar-refractivity contribution in [1.29, 1.82) is 0 Å². The number of likely N-dealkylation sites (N-methyl/N-ethyl adjacent to an activating group) is 1. The summed E-state index contributed by atoms with van der Waals surface area (Å²) in [6.45, 7) is 1.47. The number of ether oxygens (including phenoxy) is 1. The second-order valence-electron chi connectivity index (χ2n) is 8.28. The van der Waals surface area contributed by atoms with Crippen molar-refractivity contribution in [2.75, 3.05) is 33.8 Å². The van der Waals surface area contributed by atoms with Crippen molar-refractivity contribution in [2.24, 2.45) is 0 Å². The summed E-state index contributed by atoms with van der Waals surface area (Å²) in [5.41, 5.74) is 1.95. The first-order valence-electron chi connectivity index (χ1n) is 10.5. The number of amides is 1. The van der Waals surface area contributed by atoms with Gasteiger partial charge in [-0.1, -0.05) is 17.7 Å². The van der Waals surface area contributed by atoms with Crippen molar-refractivity contribution < 1.29 is 24.5 Å². The fourth-order valence-corrected chi connectivity index (χ4v) is 4.31. The van der Waals surface area contributed by atoms with E-state index in [-0.39, 0.29) is 28.6 Å². The predicted molar refractivity (Wildman–Crippen MR) is 121 cm³/mol. The van der Waals surface area contributed by atoms with Crippen molar-refractivity contribution in [2.45, 2.75) is 18.9 Å². The lowest BCUT2D eigenvalue weighted by atomic mass is 9.94. The predicted octanol–water partition coefficient (Wildman–Crippen LogP) is 3.35. The highest BCUT2D eigenvalue weighted by atomic mass is 35.5. The molecular formula is C24H25ClN2O5. The number of fused-ring (bicyclic) bond motifs is 1. The lowest BCUT2D eigenvalue weighted by Gasteiger charge is -2.27. The molecule has 0 aliphatic carbocycles. The molecule has 0 spiro atoms. The van der Waals surface area contributed by atoms with Crippen molar-refractivity contribution in [3.8, 4) is 11.5 Å². The van der Waals surface area contributed by atoms with Crippen molar-refractivity contribution in [3.63, 3.8) is 0 Å². The molecule has 7 nitrogen and oxygen atoms in total. The fraction of sp³-hybridized carbons (Fsp3) is 0.333. The standard InChI is InChI=1S/C24H25ClN2O5/c1-26(2)9-10-27-21(15-5-7-18(28)17(25)13-15)20(23(30)24(27)31)22(29)16-6-8-19-14(12-16)4-3-11-32-19/h5-8,12-13,21,28-29H,3-4,9-11H2,1-2H3/b22-20-. The number of likely N-dealkylation sites (tertiary alicyclic amines) is 1. The Labute approximate surface area is 191 Å². The van der Waals surface area contributed by atoms with Crippen LogP contribution in [-0.2, 0) is 16.0 Å². The van der Waals surface area contributed by atoms with Gasteiger partial charge in [-0.3, -0.25) is 9.59 Å². The minimum atomic E-state index is -0.819. The van der Waals surface area contributed by atoms with E-state index in [2.05, 4.69) is 0 Å². The topological polar surface area (TPSA) is 90.3 Å². The first-order valence-corrected chi connectivity index (χ1v) is 10.8. The van der Waals surface area contributed by atoms with Gasteiger partial charge >= 0.3 is 0 Å². The van der Waals surface area contributed by atoms with Gasteiger partial charge in [-0.05, 0) is 68.4 Å². The Morgan fingerprint density at radius 2 is 2.00 bits per heavy atom. The molecule has 0 radical (unpaired) electrons. The second kappa shape index (κ2) is 8.84. The molecule has 0 bridgehead atoms. The Morgan fingerprint density at radius 3 is 2.72 bits per heavy atom. The van der Waals surface area contributed by atoms with Crippen LogP contribution < -0.4 is 4.74 Å². The molecule has 8 heteroatoms. The third-order valence-electron chi connectivity index (χ3n) is 5.80. The summed E-state index contributed by atoms with van der Waals surface area (Å²) in [5, 5.41) is 21.1. The summed E-state index contributed by atoms with van der Waals surface area (Å²) >= 11 is 6.12. The average Bonchev–Trinajstić information content (AvgIpc) is 3.03. The smallest absolute Gasteiger partial charge is 0.295 e. The maximum Gasteiger partial charge on any atom is 0.295 e. The lowest BCUT2D eigenvalue weighted by molar-refractivity contribution is -0.140. The zero-order valence-corrected chi connectivity index (χ0v) is 18.7. The van der Waals surface area contributed by atoms with Crippen LogP contribution in [0.4, 0.5) is 0 Å². The molecular weight excluding hydrogens is 432 g/mol. The number of aryl methyl sites for hydroxylation is 1. The van der Waals surface area contributed by atoms with Gasteiger partial charge in [0, 0.05) is 18.7 Å². The third kappa shape index (κ3) is 4.06. The number of carbonyl (C=O) groups is 2. The average molecular weight is 457 g/mol. The van der Waals surface area contributed by atoms with Gasteiger partial charge in [-0.25, -0.2) is 0 Å².